The van der Waals surface area contributed by atoms with Crippen molar-refractivity contribution in [3.8, 4) is 0 Å². The number of nitrogens with zero attached hydrogens (tertiary/aromatic N) is 2. The first-order valence-corrected chi connectivity index (χ1v) is 6.50. The summed E-state index contributed by atoms with van der Waals surface area (Å²) in [5.41, 5.74) is 0. The Morgan fingerprint density at radius 1 is 1.58 bits per heavy atom. The lowest BCUT2D eigenvalue weighted by Gasteiger charge is -2.11. The molecular weight excluding hydrogens is 246 g/mol. The zero-order valence-corrected chi connectivity index (χ0v) is 11.1. The Labute approximate surface area is 111 Å². The molecule has 19 heavy (non-hydrogen) atoms. The Bertz CT molecular complexity index is 445. The molecule has 3 N–H and O–H groups in total. The molecule has 1 aliphatic carbocycles. The van der Waals surface area contributed by atoms with Gasteiger partial charge in [0.1, 0.15) is 12.2 Å². The Morgan fingerprint density at radius 3 is 2.89 bits per heavy atom. The molecule has 3 atom stereocenters. The van der Waals surface area contributed by atoms with Crippen molar-refractivity contribution >= 4 is 11.8 Å². The minimum atomic E-state index is -0.214. The highest BCUT2D eigenvalue weighted by Crippen LogP contribution is 2.37. The minimum Gasteiger partial charge on any atom is -0.355 e. The third kappa shape index (κ3) is 3.77. The smallest absolute Gasteiger partial charge is 0.223 e. The molecule has 7 nitrogen and oxygen atoms in total. The fourth-order valence-corrected chi connectivity index (χ4v) is 1.92. The quantitative estimate of drug-likeness (QED) is 0.681. The van der Waals surface area contributed by atoms with Crippen LogP contribution < -0.4 is 10.6 Å². The van der Waals surface area contributed by atoms with Gasteiger partial charge in [0.25, 0.3) is 0 Å². The number of nitrogens with one attached hydrogen (secondary N) is 3. The van der Waals surface area contributed by atoms with Gasteiger partial charge in [-0.05, 0) is 19.3 Å². The van der Waals surface area contributed by atoms with Crippen LogP contribution in [0, 0.1) is 11.8 Å². The second-order valence-corrected chi connectivity index (χ2v) is 5.02. The van der Waals surface area contributed by atoms with E-state index in [2.05, 4.69) is 32.7 Å². The number of rotatable bonds is 6. The maximum atomic E-state index is 11.7. The van der Waals surface area contributed by atoms with Crippen molar-refractivity contribution in [1.82, 2.24) is 25.8 Å². The molecule has 1 aliphatic rings. The average Bonchev–Trinajstić information content (AvgIpc) is 2.89. The van der Waals surface area contributed by atoms with E-state index in [4.69, 9.17) is 0 Å². The maximum Gasteiger partial charge on any atom is 0.223 e. The first-order valence-electron chi connectivity index (χ1n) is 6.50. The monoisotopic (exact) mass is 265 g/mol. The van der Waals surface area contributed by atoms with Gasteiger partial charge in [0.05, 0.1) is 6.04 Å². The summed E-state index contributed by atoms with van der Waals surface area (Å²) in [6.07, 6.45) is 2.63. The number of aromatic nitrogens is 3. The standard InChI is InChI=1S/C12H19N5O2/c1-7-5-9(7)12(19)13-4-3-10(18)16-8(2)11-14-6-15-17-11/h6-9H,3-5H2,1-2H3,(H,13,19)(H,16,18)(H,14,15,17). The van der Waals surface area contributed by atoms with Crippen LogP contribution in [0.1, 0.15) is 38.6 Å². The molecule has 0 aliphatic heterocycles. The number of carbonyl (C=O) groups excluding carboxylic acids is 2. The van der Waals surface area contributed by atoms with Crippen LogP contribution in [0.15, 0.2) is 6.33 Å². The lowest BCUT2D eigenvalue weighted by Crippen LogP contribution is -2.33. The van der Waals surface area contributed by atoms with Gasteiger partial charge in [-0.2, -0.15) is 5.10 Å². The minimum absolute atomic E-state index is 0.0589. The van der Waals surface area contributed by atoms with Crippen LogP contribution in [0.25, 0.3) is 0 Å². The van der Waals surface area contributed by atoms with Gasteiger partial charge in [-0.25, -0.2) is 4.98 Å². The van der Waals surface area contributed by atoms with E-state index in [1.54, 1.807) is 0 Å². The number of aromatic amines is 1. The molecule has 0 saturated heterocycles. The van der Waals surface area contributed by atoms with Crippen molar-refractivity contribution in [3.63, 3.8) is 0 Å². The highest BCUT2D eigenvalue weighted by atomic mass is 16.2. The molecule has 104 valence electrons. The van der Waals surface area contributed by atoms with E-state index < -0.39 is 0 Å². The predicted octanol–water partition coefficient (Wildman–Crippen LogP) is 0.144. The molecule has 2 amide bonds. The lowest BCUT2D eigenvalue weighted by atomic mass is 10.3. The van der Waals surface area contributed by atoms with Crippen LogP contribution in [-0.4, -0.2) is 33.5 Å². The number of amides is 2. The van der Waals surface area contributed by atoms with Crippen molar-refractivity contribution in [2.75, 3.05) is 6.54 Å². The summed E-state index contributed by atoms with van der Waals surface area (Å²) in [5.74, 6) is 1.19. The summed E-state index contributed by atoms with van der Waals surface area (Å²) in [5, 5.41) is 12.0. The Morgan fingerprint density at radius 2 is 2.32 bits per heavy atom. The van der Waals surface area contributed by atoms with E-state index in [1.165, 1.54) is 6.33 Å². The van der Waals surface area contributed by atoms with Gasteiger partial charge in [0.2, 0.25) is 11.8 Å². The van der Waals surface area contributed by atoms with Crippen LogP contribution in [0.2, 0.25) is 0 Å². The number of hydrogen-bond acceptors (Lipinski definition) is 4. The zero-order chi connectivity index (χ0) is 13.8. The van der Waals surface area contributed by atoms with Crippen LogP contribution >= 0.6 is 0 Å². The van der Waals surface area contributed by atoms with Gasteiger partial charge in [-0.1, -0.05) is 6.92 Å². The molecule has 1 aromatic heterocycles. The first-order chi connectivity index (χ1) is 9.08. The van der Waals surface area contributed by atoms with Crippen molar-refractivity contribution in [2.24, 2.45) is 11.8 Å². The molecule has 1 heterocycles. The largest absolute Gasteiger partial charge is 0.355 e. The third-order valence-corrected chi connectivity index (χ3v) is 3.32. The zero-order valence-electron chi connectivity index (χ0n) is 11.1. The van der Waals surface area contributed by atoms with E-state index >= 15 is 0 Å². The second kappa shape index (κ2) is 5.81. The average molecular weight is 265 g/mol. The summed E-state index contributed by atoms with van der Waals surface area (Å²) in [7, 11) is 0. The topological polar surface area (TPSA) is 99.8 Å². The maximum absolute atomic E-state index is 11.7. The molecule has 0 bridgehead atoms. The van der Waals surface area contributed by atoms with Gasteiger partial charge in [0, 0.05) is 18.9 Å². The number of H-pyrrole nitrogens is 1. The Balaban J connectivity index is 1.63. The van der Waals surface area contributed by atoms with E-state index in [1.807, 2.05) is 6.92 Å². The van der Waals surface area contributed by atoms with E-state index in [-0.39, 0.29) is 30.2 Å². The van der Waals surface area contributed by atoms with E-state index in [9.17, 15) is 9.59 Å². The fourth-order valence-electron chi connectivity index (χ4n) is 1.92. The normalized spacial score (nSPS) is 22.6. The summed E-state index contributed by atoms with van der Waals surface area (Å²) < 4.78 is 0. The highest BCUT2D eigenvalue weighted by Gasteiger charge is 2.38. The van der Waals surface area contributed by atoms with E-state index in [0.717, 1.165) is 6.42 Å². The van der Waals surface area contributed by atoms with Gasteiger partial charge in [0.15, 0.2) is 0 Å². The molecule has 0 spiro atoms. The van der Waals surface area contributed by atoms with Crippen LogP contribution in [0.3, 0.4) is 0 Å². The molecule has 1 aromatic rings. The molecular formula is C12H19N5O2. The van der Waals surface area contributed by atoms with Crippen LogP contribution in [0.5, 0.6) is 0 Å². The molecule has 0 aromatic carbocycles. The predicted molar refractivity (Wildman–Crippen MR) is 67.8 cm³/mol. The summed E-state index contributed by atoms with van der Waals surface area (Å²) in [4.78, 5) is 27.2. The highest BCUT2D eigenvalue weighted by molar-refractivity contribution is 5.82. The molecule has 0 radical (unpaired) electrons. The van der Waals surface area contributed by atoms with Crippen molar-refractivity contribution in [2.45, 2.75) is 32.7 Å². The lowest BCUT2D eigenvalue weighted by molar-refractivity contribution is -0.123. The summed E-state index contributed by atoms with van der Waals surface area (Å²) in [6.45, 7) is 4.25. The van der Waals surface area contributed by atoms with Gasteiger partial charge < -0.3 is 10.6 Å². The van der Waals surface area contributed by atoms with E-state index in [0.29, 0.717) is 18.3 Å². The Hall–Kier alpha value is -1.92. The van der Waals surface area contributed by atoms with Gasteiger partial charge >= 0.3 is 0 Å². The molecule has 7 heteroatoms. The van der Waals surface area contributed by atoms with Crippen molar-refractivity contribution in [3.05, 3.63) is 12.2 Å². The van der Waals surface area contributed by atoms with Crippen molar-refractivity contribution < 1.29 is 9.59 Å². The summed E-state index contributed by atoms with van der Waals surface area (Å²) in [6, 6.07) is -0.214. The fraction of sp³-hybridized carbons (Fsp3) is 0.667. The first kappa shape index (κ1) is 13.5. The molecule has 3 unspecified atom stereocenters. The molecule has 1 saturated carbocycles. The number of carbonyl (C=O) groups is 2. The molecule has 1 fully saturated rings. The van der Waals surface area contributed by atoms with Gasteiger partial charge in [-0.3, -0.25) is 14.7 Å². The SMILES string of the molecule is CC(NC(=O)CCNC(=O)C1CC1C)c1ncn[nH]1. The second-order valence-electron chi connectivity index (χ2n) is 5.02. The summed E-state index contributed by atoms with van der Waals surface area (Å²) >= 11 is 0. The van der Waals surface area contributed by atoms with Crippen LogP contribution in [-0.2, 0) is 9.59 Å². The Kier molecular flexibility index (Phi) is 4.13. The van der Waals surface area contributed by atoms with Crippen molar-refractivity contribution in [1.29, 1.82) is 0 Å². The molecule has 2 rings (SSSR count). The number of hydrogen-bond donors (Lipinski definition) is 3. The van der Waals surface area contributed by atoms with Gasteiger partial charge in [-0.15, -0.1) is 0 Å². The van der Waals surface area contributed by atoms with Crippen LogP contribution in [0.4, 0.5) is 0 Å². The third-order valence-electron chi connectivity index (χ3n) is 3.32.